The van der Waals surface area contributed by atoms with Crippen molar-refractivity contribution in [2.45, 2.75) is 24.8 Å². The first-order valence-electron chi connectivity index (χ1n) is 7.85. The molecule has 0 radical (unpaired) electrons. The minimum atomic E-state index is 0.529. The molecule has 2 N–H and O–H groups in total. The molecule has 1 aromatic heterocycles. The van der Waals surface area contributed by atoms with Crippen LogP contribution in [0, 0.1) is 0 Å². The highest BCUT2D eigenvalue weighted by molar-refractivity contribution is 5.48. The zero-order chi connectivity index (χ0) is 14.8. The van der Waals surface area contributed by atoms with Crippen molar-refractivity contribution in [1.82, 2.24) is 19.8 Å². The second kappa shape index (κ2) is 6.15. The van der Waals surface area contributed by atoms with Gasteiger partial charge in [-0.05, 0) is 26.9 Å². The number of piperazine rings is 1. The number of anilines is 2. The average Bonchev–Trinajstić information content (AvgIpc) is 3.32. The van der Waals surface area contributed by atoms with Crippen molar-refractivity contribution in [3.8, 4) is 0 Å². The molecule has 6 nitrogen and oxygen atoms in total. The van der Waals surface area contributed by atoms with E-state index in [9.17, 15) is 0 Å². The van der Waals surface area contributed by atoms with E-state index in [-0.39, 0.29) is 0 Å². The minimum Gasteiger partial charge on any atom is -0.373 e. The normalized spacial score (nSPS) is 24.0. The van der Waals surface area contributed by atoms with E-state index < -0.39 is 0 Å². The average molecular weight is 290 g/mol. The molecule has 1 aliphatic carbocycles. The molecule has 21 heavy (non-hydrogen) atoms. The van der Waals surface area contributed by atoms with Crippen molar-refractivity contribution in [3.63, 3.8) is 0 Å². The number of aromatic nitrogens is 2. The highest BCUT2D eigenvalue weighted by Crippen LogP contribution is 2.38. The predicted molar refractivity (Wildman–Crippen MR) is 86.0 cm³/mol. The van der Waals surface area contributed by atoms with Crippen molar-refractivity contribution >= 4 is 11.6 Å². The fraction of sp³-hybridized carbons (Fsp3) is 0.733. The molecule has 2 aliphatic rings. The number of nitrogens with zero attached hydrogens (tertiary/aromatic N) is 4. The van der Waals surface area contributed by atoms with Crippen LogP contribution in [0.15, 0.2) is 6.07 Å². The Hall–Kier alpha value is -1.40. The van der Waals surface area contributed by atoms with Crippen LogP contribution in [-0.4, -0.2) is 73.1 Å². The smallest absolute Gasteiger partial charge is 0.136 e. The van der Waals surface area contributed by atoms with Crippen LogP contribution in [0.1, 0.15) is 24.6 Å². The van der Waals surface area contributed by atoms with E-state index in [0.717, 1.165) is 43.6 Å². The highest BCUT2D eigenvalue weighted by atomic mass is 15.3. The lowest BCUT2D eigenvalue weighted by molar-refractivity contribution is 0.122. The molecule has 1 aliphatic heterocycles. The van der Waals surface area contributed by atoms with Crippen LogP contribution < -0.4 is 10.6 Å². The van der Waals surface area contributed by atoms with Gasteiger partial charge in [-0.2, -0.15) is 0 Å². The first kappa shape index (κ1) is 14.5. The molecule has 0 bridgehead atoms. The Labute approximate surface area is 126 Å². The first-order valence-corrected chi connectivity index (χ1v) is 7.85. The number of rotatable bonds is 5. The quantitative estimate of drug-likeness (QED) is 0.845. The molecule has 2 heterocycles. The number of nitrogens with one attached hydrogen (secondary N) is 2. The number of hydrogen-bond acceptors (Lipinski definition) is 6. The molecule has 6 heteroatoms. The van der Waals surface area contributed by atoms with Gasteiger partial charge in [-0.15, -0.1) is 0 Å². The van der Waals surface area contributed by atoms with E-state index >= 15 is 0 Å². The van der Waals surface area contributed by atoms with Crippen LogP contribution >= 0.6 is 0 Å². The molecular weight excluding hydrogens is 264 g/mol. The molecule has 116 valence electrons. The molecule has 0 amide bonds. The summed E-state index contributed by atoms with van der Waals surface area (Å²) in [6.45, 7) is 4.30. The summed E-state index contributed by atoms with van der Waals surface area (Å²) in [5.74, 6) is 3.40. The minimum absolute atomic E-state index is 0.529. The van der Waals surface area contributed by atoms with Crippen LogP contribution in [0.2, 0.25) is 0 Å². The molecule has 0 spiro atoms. The van der Waals surface area contributed by atoms with Crippen molar-refractivity contribution in [2.75, 3.05) is 58.0 Å². The number of hydrogen-bond donors (Lipinski definition) is 2. The maximum Gasteiger partial charge on any atom is 0.136 e. The third-order valence-electron chi connectivity index (χ3n) is 4.44. The Morgan fingerprint density at radius 1 is 1.19 bits per heavy atom. The fourth-order valence-electron chi connectivity index (χ4n) is 2.75. The molecule has 2 fully saturated rings. The Morgan fingerprint density at radius 2 is 1.95 bits per heavy atom. The van der Waals surface area contributed by atoms with Gasteiger partial charge in [0.2, 0.25) is 0 Å². The monoisotopic (exact) mass is 290 g/mol. The Kier molecular flexibility index (Phi) is 4.26. The molecule has 0 aromatic carbocycles. The van der Waals surface area contributed by atoms with E-state index in [1.807, 2.05) is 13.1 Å². The maximum atomic E-state index is 4.68. The van der Waals surface area contributed by atoms with Crippen LogP contribution in [-0.2, 0) is 0 Å². The number of likely N-dealkylation sites (N-methyl/N-ethyl adjacent to an activating group) is 2. The van der Waals surface area contributed by atoms with Gasteiger partial charge in [0.05, 0.1) is 0 Å². The van der Waals surface area contributed by atoms with Gasteiger partial charge in [0.25, 0.3) is 0 Å². The van der Waals surface area contributed by atoms with E-state index in [4.69, 9.17) is 0 Å². The SMILES string of the molecule is CNc1cc(NCC2CN(C)CCN2C)nc(C2CC2)n1. The fourth-order valence-corrected chi connectivity index (χ4v) is 2.75. The summed E-state index contributed by atoms with van der Waals surface area (Å²) in [5, 5.41) is 6.64. The molecule has 1 unspecified atom stereocenters. The summed E-state index contributed by atoms with van der Waals surface area (Å²) in [5.41, 5.74) is 0. The highest BCUT2D eigenvalue weighted by Gasteiger charge is 2.27. The molecule has 1 saturated heterocycles. The lowest BCUT2D eigenvalue weighted by Gasteiger charge is -2.37. The standard InChI is InChI=1S/C15H26N6/c1-16-13-8-14(19-15(18-13)11-4-5-11)17-9-12-10-20(2)6-7-21(12)3/h8,11-12H,4-7,9-10H2,1-3H3,(H2,16,17,18,19). The van der Waals surface area contributed by atoms with Crippen LogP contribution in [0.4, 0.5) is 11.6 Å². The summed E-state index contributed by atoms with van der Waals surface area (Å²) in [6.07, 6.45) is 2.45. The molecule has 1 saturated carbocycles. The van der Waals surface area contributed by atoms with Crippen LogP contribution in [0.25, 0.3) is 0 Å². The first-order chi connectivity index (χ1) is 10.2. The van der Waals surface area contributed by atoms with Gasteiger partial charge in [0.15, 0.2) is 0 Å². The second-order valence-corrected chi connectivity index (χ2v) is 6.30. The lowest BCUT2D eigenvalue weighted by Crippen LogP contribution is -2.52. The van der Waals surface area contributed by atoms with Gasteiger partial charge in [0.1, 0.15) is 17.5 Å². The van der Waals surface area contributed by atoms with Crippen LogP contribution in [0.3, 0.4) is 0 Å². The third kappa shape index (κ3) is 3.63. The van der Waals surface area contributed by atoms with Crippen molar-refractivity contribution < 1.29 is 0 Å². The van der Waals surface area contributed by atoms with Gasteiger partial charge in [-0.1, -0.05) is 0 Å². The van der Waals surface area contributed by atoms with Crippen LogP contribution in [0.5, 0.6) is 0 Å². The largest absolute Gasteiger partial charge is 0.373 e. The zero-order valence-electron chi connectivity index (χ0n) is 13.3. The Morgan fingerprint density at radius 3 is 2.67 bits per heavy atom. The van der Waals surface area contributed by atoms with Gasteiger partial charge in [0, 0.05) is 51.3 Å². The Bertz CT molecular complexity index is 487. The summed E-state index contributed by atoms with van der Waals surface area (Å²) >= 11 is 0. The summed E-state index contributed by atoms with van der Waals surface area (Å²) in [6, 6.07) is 2.53. The molecular formula is C15H26N6. The molecule has 1 aromatic rings. The summed E-state index contributed by atoms with van der Waals surface area (Å²) < 4.78 is 0. The Balaban J connectivity index is 1.65. The second-order valence-electron chi connectivity index (χ2n) is 6.30. The van der Waals surface area contributed by atoms with Gasteiger partial charge in [-0.25, -0.2) is 9.97 Å². The third-order valence-corrected chi connectivity index (χ3v) is 4.44. The summed E-state index contributed by atoms with van der Waals surface area (Å²) in [7, 11) is 6.30. The van der Waals surface area contributed by atoms with Crippen molar-refractivity contribution in [2.24, 2.45) is 0 Å². The van der Waals surface area contributed by atoms with Gasteiger partial charge >= 0.3 is 0 Å². The zero-order valence-corrected chi connectivity index (χ0v) is 13.3. The predicted octanol–water partition coefficient (Wildman–Crippen LogP) is 1.05. The topological polar surface area (TPSA) is 56.3 Å². The van der Waals surface area contributed by atoms with Crippen molar-refractivity contribution in [3.05, 3.63) is 11.9 Å². The van der Waals surface area contributed by atoms with E-state index in [2.05, 4.69) is 44.5 Å². The van der Waals surface area contributed by atoms with E-state index in [1.165, 1.54) is 12.8 Å². The van der Waals surface area contributed by atoms with E-state index in [0.29, 0.717) is 12.0 Å². The summed E-state index contributed by atoms with van der Waals surface area (Å²) in [4.78, 5) is 14.0. The molecule has 1 atom stereocenters. The lowest BCUT2D eigenvalue weighted by atomic mass is 10.2. The van der Waals surface area contributed by atoms with Crippen molar-refractivity contribution in [1.29, 1.82) is 0 Å². The van der Waals surface area contributed by atoms with Gasteiger partial charge in [-0.3, -0.25) is 4.90 Å². The maximum absolute atomic E-state index is 4.68. The van der Waals surface area contributed by atoms with Gasteiger partial charge < -0.3 is 15.5 Å². The molecule has 3 rings (SSSR count). The van der Waals surface area contributed by atoms with E-state index in [1.54, 1.807) is 0 Å².